The van der Waals surface area contributed by atoms with E-state index in [1.165, 1.54) is 0 Å². The Labute approximate surface area is 137 Å². The Morgan fingerprint density at radius 3 is 2.61 bits per heavy atom. The first-order chi connectivity index (χ1) is 11.1. The molecule has 1 saturated carbocycles. The third-order valence-corrected chi connectivity index (χ3v) is 6.12. The van der Waals surface area contributed by atoms with Crippen LogP contribution in [0.15, 0.2) is 4.52 Å². The summed E-state index contributed by atoms with van der Waals surface area (Å²) >= 11 is 0. The van der Waals surface area contributed by atoms with Crippen LogP contribution in [0, 0.1) is 12.3 Å². The number of fused-ring (bicyclic) bond motifs is 3. The molecule has 0 aromatic carbocycles. The normalized spacial score (nSPS) is 35.3. The minimum Gasteiger partial charge on any atom is -0.374 e. The highest BCUT2D eigenvalue weighted by Crippen LogP contribution is 2.49. The van der Waals surface area contributed by atoms with Crippen LogP contribution in [0.5, 0.6) is 0 Å². The fraction of sp³-hybridized carbons (Fsp3) is 0.778. The quantitative estimate of drug-likeness (QED) is 0.802. The van der Waals surface area contributed by atoms with Crippen molar-refractivity contribution in [3.05, 3.63) is 11.7 Å². The van der Waals surface area contributed by atoms with E-state index in [4.69, 9.17) is 20.7 Å². The molecule has 0 radical (unpaired) electrons. The van der Waals surface area contributed by atoms with Gasteiger partial charge in [0.15, 0.2) is 5.82 Å². The van der Waals surface area contributed by atoms with Crippen LogP contribution in [-0.4, -0.2) is 46.9 Å². The van der Waals surface area contributed by atoms with Crippen molar-refractivity contribution in [3.63, 3.8) is 0 Å². The first-order valence-electron chi connectivity index (χ1n) is 8.76. The Kier molecular flexibility index (Phi) is 3.70. The molecule has 1 aliphatic carbocycles. The molecule has 0 N–H and O–H groups in total. The third-order valence-electron chi connectivity index (χ3n) is 6.12. The van der Waals surface area contributed by atoms with Crippen LogP contribution in [-0.2, 0) is 10.2 Å². The summed E-state index contributed by atoms with van der Waals surface area (Å²) in [5.74, 6) is 4.81. The van der Waals surface area contributed by atoms with Gasteiger partial charge in [-0.2, -0.15) is 4.98 Å². The van der Waals surface area contributed by atoms with Crippen LogP contribution < -0.4 is 0 Å². The van der Waals surface area contributed by atoms with Crippen molar-refractivity contribution in [2.24, 2.45) is 0 Å². The van der Waals surface area contributed by atoms with Crippen molar-refractivity contribution >= 4 is 0 Å². The van der Waals surface area contributed by atoms with Gasteiger partial charge in [0.2, 0.25) is 5.89 Å². The Balaban J connectivity index is 1.45. The summed E-state index contributed by atoms with van der Waals surface area (Å²) in [5.41, 5.74) is 0.0433. The van der Waals surface area contributed by atoms with E-state index in [2.05, 4.69) is 22.9 Å². The van der Waals surface area contributed by atoms with E-state index in [0.29, 0.717) is 5.92 Å². The Morgan fingerprint density at radius 1 is 1.26 bits per heavy atom. The lowest BCUT2D eigenvalue weighted by atomic mass is 9.66. The van der Waals surface area contributed by atoms with E-state index in [1.54, 1.807) is 0 Å². The van der Waals surface area contributed by atoms with Crippen LogP contribution in [0.25, 0.3) is 0 Å². The van der Waals surface area contributed by atoms with Crippen molar-refractivity contribution in [3.8, 4) is 12.3 Å². The van der Waals surface area contributed by atoms with Gasteiger partial charge in [-0.25, -0.2) is 0 Å². The van der Waals surface area contributed by atoms with E-state index in [1.807, 2.05) is 0 Å². The lowest BCUT2D eigenvalue weighted by Crippen LogP contribution is -2.51. The highest BCUT2D eigenvalue weighted by atomic mass is 16.5. The van der Waals surface area contributed by atoms with E-state index in [0.717, 1.165) is 76.5 Å². The van der Waals surface area contributed by atoms with Crippen LogP contribution in [0.2, 0.25) is 0 Å². The standard InChI is InChI=1S/C18H25N3O2/c1-3-10-21-11-4-14(5-12-21)15-19-16(23-20-15)18-8-6-17(2,7-9-18)22-13-18/h1,14H,4-13H2,2H3. The monoisotopic (exact) mass is 315 g/mol. The molecule has 0 spiro atoms. The smallest absolute Gasteiger partial charge is 0.235 e. The SMILES string of the molecule is C#CCN1CCC(c2noc(C34CCC(C)(CC3)OC4)n2)CC1. The minimum atomic E-state index is -0.0345. The third kappa shape index (κ3) is 2.68. The molecule has 3 aliphatic heterocycles. The van der Waals surface area contributed by atoms with Gasteiger partial charge in [0, 0.05) is 5.92 Å². The van der Waals surface area contributed by atoms with Gasteiger partial charge in [0.05, 0.1) is 24.2 Å². The second-order valence-electron chi connectivity index (χ2n) is 7.73. The molecule has 3 saturated heterocycles. The lowest BCUT2D eigenvalue weighted by Gasteiger charge is -2.49. The Hall–Kier alpha value is -1.38. The van der Waals surface area contributed by atoms with Crippen molar-refractivity contribution in [1.82, 2.24) is 15.0 Å². The second-order valence-corrected chi connectivity index (χ2v) is 7.73. The van der Waals surface area contributed by atoms with Crippen LogP contribution >= 0.6 is 0 Å². The summed E-state index contributed by atoms with van der Waals surface area (Å²) in [5, 5.41) is 4.31. The molecule has 23 heavy (non-hydrogen) atoms. The highest BCUT2D eigenvalue weighted by molar-refractivity contribution is 5.14. The van der Waals surface area contributed by atoms with Gasteiger partial charge in [-0.1, -0.05) is 11.1 Å². The van der Waals surface area contributed by atoms with E-state index in [9.17, 15) is 0 Å². The summed E-state index contributed by atoms with van der Waals surface area (Å²) < 4.78 is 11.8. The summed E-state index contributed by atoms with van der Waals surface area (Å²) in [6, 6.07) is 0. The van der Waals surface area contributed by atoms with Gasteiger partial charge in [-0.05, 0) is 58.5 Å². The largest absolute Gasteiger partial charge is 0.374 e. The number of nitrogens with zero attached hydrogens (tertiary/aromatic N) is 3. The molecule has 0 atom stereocenters. The van der Waals surface area contributed by atoms with Gasteiger partial charge >= 0.3 is 0 Å². The van der Waals surface area contributed by atoms with Crippen LogP contribution in [0.1, 0.15) is 63.1 Å². The Morgan fingerprint density at radius 2 is 2.00 bits per heavy atom. The molecule has 1 aromatic heterocycles. The molecular weight excluding hydrogens is 290 g/mol. The number of hydrogen-bond donors (Lipinski definition) is 0. The molecule has 2 bridgehead atoms. The summed E-state index contributed by atoms with van der Waals surface area (Å²) in [4.78, 5) is 7.11. The second kappa shape index (κ2) is 5.61. The maximum atomic E-state index is 6.06. The molecule has 5 rings (SSSR count). The van der Waals surface area contributed by atoms with E-state index in [-0.39, 0.29) is 11.0 Å². The number of terminal acetylenes is 1. The van der Waals surface area contributed by atoms with Crippen LogP contribution in [0.3, 0.4) is 0 Å². The molecule has 5 nitrogen and oxygen atoms in total. The number of rotatable bonds is 3. The zero-order valence-corrected chi connectivity index (χ0v) is 13.9. The maximum Gasteiger partial charge on any atom is 0.235 e. The predicted octanol–water partition coefficient (Wildman–Crippen LogP) is 2.48. The lowest BCUT2D eigenvalue weighted by molar-refractivity contribution is -0.152. The maximum absolute atomic E-state index is 6.06. The zero-order valence-electron chi connectivity index (χ0n) is 13.9. The average Bonchev–Trinajstić information content (AvgIpc) is 3.08. The van der Waals surface area contributed by atoms with Crippen LogP contribution in [0.4, 0.5) is 0 Å². The fourth-order valence-electron chi connectivity index (χ4n) is 4.23. The average molecular weight is 315 g/mol. The molecule has 5 heteroatoms. The number of hydrogen-bond acceptors (Lipinski definition) is 5. The summed E-state index contributed by atoms with van der Waals surface area (Å²) in [6.45, 7) is 5.73. The predicted molar refractivity (Wildman–Crippen MR) is 86.0 cm³/mol. The van der Waals surface area contributed by atoms with Crippen molar-refractivity contribution in [2.45, 2.75) is 62.4 Å². The highest BCUT2D eigenvalue weighted by Gasteiger charge is 2.51. The van der Waals surface area contributed by atoms with Gasteiger partial charge in [0.25, 0.3) is 0 Å². The topological polar surface area (TPSA) is 51.4 Å². The van der Waals surface area contributed by atoms with Gasteiger partial charge in [0.1, 0.15) is 0 Å². The molecular formula is C18H25N3O2. The molecule has 1 aromatic rings. The molecule has 4 heterocycles. The fourth-order valence-corrected chi connectivity index (χ4v) is 4.23. The number of ether oxygens (including phenoxy) is 1. The van der Waals surface area contributed by atoms with Gasteiger partial charge in [-0.3, -0.25) is 4.90 Å². The summed E-state index contributed by atoms with van der Waals surface area (Å²) in [7, 11) is 0. The zero-order chi connectivity index (χ0) is 15.9. The van der Waals surface area contributed by atoms with E-state index >= 15 is 0 Å². The Bertz CT molecular complexity index is 585. The van der Waals surface area contributed by atoms with Crippen molar-refractivity contribution < 1.29 is 9.26 Å². The first-order valence-corrected chi connectivity index (χ1v) is 8.76. The van der Waals surface area contributed by atoms with Gasteiger partial charge < -0.3 is 9.26 Å². The molecule has 0 amide bonds. The molecule has 4 aliphatic rings. The number of piperidine rings is 1. The molecule has 0 unspecified atom stereocenters. The minimum absolute atomic E-state index is 0.0345. The molecule has 4 fully saturated rings. The van der Waals surface area contributed by atoms with E-state index < -0.39 is 0 Å². The van der Waals surface area contributed by atoms with Crippen molar-refractivity contribution in [2.75, 3.05) is 26.2 Å². The summed E-state index contributed by atoms with van der Waals surface area (Å²) in [6.07, 6.45) is 11.9. The number of aromatic nitrogens is 2. The van der Waals surface area contributed by atoms with Gasteiger partial charge in [-0.15, -0.1) is 6.42 Å². The van der Waals surface area contributed by atoms with Crippen molar-refractivity contribution in [1.29, 1.82) is 0 Å². The first kappa shape index (κ1) is 15.2. The number of likely N-dealkylation sites (tertiary alicyclic amines) is 1. The molecule has 124 valence electrons.